The van der Waals surface area contributed by atoms with E-state index in [2.05, 4.69) is 6.58 Å². The number of aliphatic hydroxyl groups excluding tert-OH is 2. The van der Waals surface area contributed by atoms with E-state index < -0.39 is 24.1 Å². The summed E-state index contributed by atoms with van der Waals surface area (Å²) in [7, 11) is 0. The molecule has 1 saturated heterocycles. The molecule has 0 radical (unpaired) electrons. The maximum atomic E-state index is 11.6. The van der Waals surface area contributed by atoms with Crippen LogP contribution in [0.15, 0.2) is 35.5 Å². The van der Waals surface area contributed by atoms with Crippen LogP contribution >= 0.6 is 0 Å². The van der Waals surface area contributed by atoms with E-state index >= 15 is 0 Å². The Morgan fingerprint density at radius 3 is 2.74 bits per heavy atom. The maximum absolute atomic E-state index is 11.6. The van der Waals surface area contributed by atoms with E-state index in [1.165, 1.54) is 0 Å². The SMILES string of the molecule is C=C1C(=O)OC2CC(C)=CCC(O)C(C)=CC(O)C12. The Labute approximate surface area is 113 Å². The molecule has 0 spiro atoms. The first-order valence-corrected chi connectivity index (χ1v) is 6.50. The fourth-order valence-corrected chi connectivity index (χ4v) is 2.63. The van der Waals surface area contributed by atoms with Gasteiger partial charge in [0.1, 0.15) is 6.10 Å². The molecule has 2 aliphatic rings. The third kappa shape index (κ3) is 2.80. The lowest BCUT2D eigenvalue weighted by atomic mass is 9.85. The van der Waals surface area contributed by atoms with Crippen molar-refractivity contribution in [2.75, 3.05) is 0 Å². The minimum Gasteiger partial charge on any atom is -0.458 e. The zero-order valence-corrected chi connectivity index (χ0v) is 11.3. The van der Waals surface area contributed by atoms with Crippen molar-refractivity contribution in [1.82, 2.24) is 0 Å². The average molecular weight is 264 g/mol. The molecule has 2 rings (SSSR count). The summed E-state index contributed by atoms with van der Waals surface area (Å²) in [6.07, 6.45) is 2.79. The lowest BCUT2D eigenvalue weighted by Gasteiger charge is -2.24. The molecule has 1 heterocycles. The highest BCUT2D eigenvalue weighted by Crippen LogP contribution is 2.35. The number of rotatable bonds is 0. The lowest BCUT2D eigenvalue weighted by Crippen LogP contribution is -2.29. The van der Waals surface area contributed by atoms with Crippen LogP contribution in [-0.4, -0.2) is 34.5 Å². The molecule has 0 aromatic carbocycles. The van der Waals surface area contributed by atoms with Crippen LogP contribution in [0.3, 0.4) is 0 Å². The highest BCUT2D eigenvalue weighted by molar-refractivity contribution is 5.91. The number of ether oxygens (including phenoxy) is 1. The van der Waals surface area contributed by atoms with Crippen LogP contribution in [0, 0.1) is 5.92 Å². The molecule has 19 heavy (non-hydrogen) atoms. The molecule has 0 aromatic heterocycles. The van der Waals surface area contributed by atoms with E-state index in [0.717, 1.165) is 5.57 Å². The van der Waals surface area contributed by atoms with Crippen molar-refractivity contribution in [3.05, 3.63) is 35.5 Å². The van der Waals surface area contributed by atoms with E-state index in [1.807, 2.05) is 13.0 Å². The molecule has 4 atom stereocenters. The maximum Gasteiger partial charge on any atom is 0.334 e. The number of carbonyl (C=O) groups is 1. The van der Waals surface area contributed by atoms with E-state index in [9.17, 15) is 15.0 Å². The third-order valence-corrected chi connectivity index (χ3v) is 3.86. The Morgan fingerprint density at radius 2 is 2.05 bits per heavy atom. The first-order valence-electron chi connectivity index (χ1n) is 6.50. The summed E-state index contributed by atoms with van der Waals surface area (Å²) in [4.78, 5) is 11.6. The molecule has 2 N–H and O–H groups in total. The van der Waals surface area contributed by atoms with E-state index in [4.69, 9.17) is 4.74 Å². The Balaban J connectivity index is 2.36. The predicted molar refractivity (Wildman–Crippen MR) is 71.3 cm³/mol. The van der Waals surface area contributed by atoms with Crippen molar-refractivity contribution < 1.29 is 19.7 Å². The molecule has 0 amide bonds. The van der Waals surface area contributed by atoms with Crippen molar-refractivity contribution in [3.63, 3.8) is 0 Å². The highest BCUT2D eigenvalue weighted by Gasteiger charge is 2.42. The van der Waals surface area contributed by atoms with Crippen molar-refractivity contribution in [1.29, 1.82) is 0 Å². The quantitative estimate of drug-likeness (QED) is 0.395. The van der Waals surface area contributed by atoms with Crippen molar-refractivity contribution in [3.8, 4) is 0 Å². The van der Waals surface area contributed by atoms with Gasteiger partial charge in [-0.15, -0.1) is 0 Å². The van der Waals surface area contributed by atoms with Gasteiger partial charge in [-0.3, -0.25) is 0 Å². The van der Waals surface area contributed by atoms with Gasteiger partial charge in [0, 0.05) is 12.0 Å². The molecule has 1 fully saturated rings. The van der Waals surface area contributed by atoms with Gasteiger partial charge in [-0.05, 0) is 25.8 Å². The van der Waals surface area contributed by atoms with Crippen molar-refractivity contribution in [2.24, 2.45) is 5.92 Å². The van der Waals surface area contributed by atoms with E-state index in [1.54, 1.807) is 13.0 Å². The third-order valence-electron chi connectivity index (χ3n) is 3.86. The number of aliphatic hydroxyl groups is 2. The molecule has 4 heteroatoms. The molecule has 1 aliphatic carbocycles. The van der Waals surface area contributed by atoms with E-state index in [-0.39, 0.29) is 6.10 Å². The minimum absolute atomic E-state index is 0.310. The van der Waals surface area contributed by atoms with Crippen LogP contribution in [0.1, 0.15) is 26.7 Å². The molecular formula is C15H20O4. The number of hydrogen-bond donors (Lipinski definition) is 2. The first-order chi connectivity index (χ1) is 8.90. The fourth-order valence-electron chi connectivity index (χ4n) is 2.63. The summed E-state index contributed by atoms with van der Waals surface area (Å²) in [5, 5.41) is 20.2. The number of esters is 1. The second kappa shape index (κ2) is 5.31. The van der Waals surface area contributed by atoms with Gasteiger partial charge in [-0.1, -0.05) is 24.3 Å². The molecule has 0 aromatic rings. The molecular weight excluding hydrogens is 244 g/mol. The Kier molecular flexibility index (Phi) is 3.92. The second-order valence-electron chi connectivity index (χ2n) is 5.40. The van der Waals surface area contributed by atoms with Gasteiger partial charge in [0.2, 0.25) is 0 Å². The summed E-state index contributed by atoms with van der Waals surface area (Å²) in [6.45, 7) is 7.43. The largest absolute Gasteiger partial charge is 0.458 e. The van der Waals surface area contributed by atoms with Crippen LogP contribution in [0.2, 0.25) is 0 Å². The molecule has 4 unspecified atom stereocenters. The van der Waals surface area contributed by atoms with Crippen molar-refractivity contribution in [2.45, 2.75) is 45.0 Å². The molecule has 0 saturated carbocycles. The Morgan fingerprint density at radius 1 is 1.37 bits per heavy atom. The second-order valence-corrected chi connectivity index (χ2v) is 5.40. The van der Waals surface area contributed by atoms with Crippen LogP contribution in [-0.2, 0) is 9.53 Å². The number of fused-ring (bicyclic) bond motifs is 1. The summed E-state index contributed by atoms with van der Waals surface area (Å²) < 4.78 is 5.28. The van der Waals surface area contributed by atoms with Gasteiger partial charge in [-0.25, -0.2) is 4.79 Å². The minimum atomic E-state index is -0.857. The molecule has 1 aliphatic heterocycles. The van der Waals surface area contributed by atoms with Gasteiger partial charge in [0.25, 0.3) is 0 Å². The molecule has 104 valence electrons. The normalized spacial score (nSPS) is 36.2. The number of carbonyl (C=O) groups excluding carboxylic acids is 1. The van der Waals surface area contributed by atoms with Gasteiger partial charge < -0.3 is 14.9 Å². The highest BCUT2D eigenvalue weighted by atomic mass is 16.6. The van der Waals surface area contributed by atoms with Gasteiger partial charge in [-0.2, -0.15) is 0 Å². The van der Waals surface area contributed by atoms with Gasteiger partial charge in [0.05, 0.1) is 18.1 Å². The van der Waals surface area contributed by atoms with Gasteiger partial charge >= 0.3 is 5.97 Å². The first kappa shape index (κ1) is 14.0. The Hall–Kier alpha value is -1.39. The average Bonchev–Trinajstić information content (AvgIpc) is 2.60. The Bertz CT molecular complexity index is 461. The summed E-state index contributed by atoms with van der Waals surface area (Å²) >= 11 is 0. The standard InChI is InChI=1S/C15H20O4/c1-8-4-5-11(16)9(2)7-12(17)14-10(3)15(18)19-13(14)6-8/h4,7,11-14,16-17H,3,5-6H2,1-2H3. The molecule has 4 nitrogen and oxygen atoms in total. The van der Waals surface area contributed by atoms with Crippen LogP contribution in [0.4, 0.5) is 0 Å². The number of hydrogen-bond acceptors (Lipinski definition) is 4. The monoisotopic (exact) mass is 264 g/mol. The lowest BCUT2D eigenvalue weighted by molar-refractivity contribution is -0.139. The summed E-state index contributed by atoms with van der Waals surface area (Å²) in [5.41, 5.74) is 2.05. The van der Waals surface area contributed by atoms with Gasteiger partial charge in [0.15, 0.2) is 0 Å². The van der Waals surface area contributed by atoms with Crippen molar-refractivity contribution >= 4 is 5.97 Å². The molecule has 0 bridgehead atoms. The predicted octanol–water partition coefficient (Wildman–Crippen LogP) is 1.49. The summed E-state index contributed by atoms with van der Waals surface area (Å²) in [5.74, 6) is -0.871. The summed E-state index contributed by atoms with van der Waals surface area (Å²) in [6, 6.07) is 0. The van der Waals surface area contributed by atoms with Crippen LogP contribution in [0.25, 0.3) is 0 Å². The fraction of sp³-hybridized carbons (Fsp3) is 0.533. The zero-order valence-electron chi connectivity index (χ0n) is 11.3. The van der Waals surface area contributed by atoms with Crippen LogP contribution in [0.5, 0.6) is 0 Å². The topological polar surface area (TPSA) is 66.8 Å². The zero-order chi connectivity index (χ0) is 14.2. The van der Waals surface area contributed by atoms with E-state index in [0.29, 0.717) is 24.0 Å². The van der Waals surface area contributed by atoms with Crippen LogP contribution < -0.4 is 0 Å². The smallest absolute Gasteiger partial charge is 0.334 e.